The van der Waals surface area contributed by atoms with E-state index in [1.54, 1.807) is 30.3 Å². The van der Waals surface area contributed by atoms with Crippen molar-refractivity contribution in [2.75, 3.05) is 19.0 Å². The lowest BCUT2D eigenvalue weighted by molar-refractivity contribution is -0.142. The van der Waals surface area contributed by atoms with Crippen LogP contribution in [0.1, 0.15) is 73.8 Å². The molecule has 1 aliphatic heterocycles. The van der Waals surface area contributed by atoms with E-state index in [1.807, 2.05) is 43.3 Å². The van der Waals surface area contributed by atoms with E-state index in [-0.39, 0.29) is 35.7 Å². The van der Waals surface area contributed by atoms with E-state index in [4.69, 9.17) is 4.98 Å². The van der Waals surface area contributed by atoms with Gasteiger partial charge in [-0.2, -0.15) is 27.1 Å². The normalized spacial score (nSPS) is 17.9. The van der Waals surface area contributed by atoms with Crippen LogP contribution in [0.3, 0.4) is 0 Å². The van der Waals surface area contributed by atoms with Crippen molar-refractivity contribution in [2.24, 2.45) is 5.92 Å². The molecule has 3 aromatic carbocycles. The van der Waals surface area contributed by atoms with Crippen LogP contribution in [0.5, 0.6) is 0 Å². The van der Waals surface area contributed by atoms with E-state index < -0.39 is 71.0 Å². The van der Waals surface area contributed by atoms with Crippen LogP contribution in [0.15, 0.2) is 72.8 Å². The number of carbonyl (C=O) groups is 2. The highest BCUT2D eigenvalue weighted by molar-refractivity contribution is 5.99. The van der Waals surface area contributed by atoms with Gasteiger partial charge in [-0.1, -0.05) is 18.1 Å². The van der Waals surface area contributed by atoms with Gasteiger partial charge in [0, 0.05) is 60.6 Å². The largest absolute Gasteiger partial charge is 0.435 e. The molecule has 1 saturated carbocycles. The van der Waals surface area contributed by atoms with Gasteiger partial charge in [-0.25, -0.2) is 13.8 Å². The number of hydrogen-bond acceptors (Lipinski definition) is 5. The average Bonchev–Trinajstić information content (AvgIpc) is 3.65. The van der Waals surface area contributed by atoms with Gasteiger partial charge in [0.15, 0.2) is 5.69 Å². The second-order valence-electron chi connectivity index (χ2n) is 14.3. The fourth-order valence-corrected chi connectivity index (χ4v) is 7.56. The SMILES string of the molecule is CN(C)c1ccc(C#Cc2ccc(-c3ccc4c(c3)C(=O)NC4)c([C@H](Cc3cc(F)cc(F)c3)NC(=O)Cn3nc(C(F)(F)F)c4c3C(F)(F)C3C[C@H]43)n2)cc1. The van der Waals surface area contributed by atoms with E-state index in [1.165, 1.54) is 0 Å². The molecule has 2 aliphatic carbocycles. The quantitative estimate of drug-likeness (QED) is 0.128. The monoisotopic (exact) mass is 772 g/mol. The molecule has 0 saturated heterocycles. The zero-order valence-electron chi connectivity index (χ0n) is 29.7. The van der Waals surface area contributed by atoms with Gasteiger partial charge in [0.25, 0.3) is 11.8 Å². The molecule has 2 amide bonds. The van der Waals surface area contributed by atoms with Crippen LogP contribution < -0.4 is 15.5 Å². The van der Waals surface area contributed by atoms with Gasteiger partial charge in [-0.15, -0.1) is 0 Å². The second kappa shape index (κ2) is 13.5. The predicted octanol–water partition coefficient (Wildman–Crippen LogP) is 7.26. The molecule has 3 heterocycles. The number of anilines is 1. The van der Waals surface area contributed by atoms with Crippen LogP contribution in [0.2, 0.25) is 0 Å². The number of hydrogen-bond donors (Lipinski definition) is 2. The molecule has 0 spiro atoms. The molecule has 8 nitrogen and oxygen atoms in total. The molecule has 0 bridgehead atoms. The Morgan fingerprint density at radius 2 is 1.73 bits per heavy atom. The van der Waals surface area contributed by atoms with Crippen LogP contribution in [-0.2, 0) is 36.4 Å². The van der Waals surface area contributed by atoms with Crippen molar-refractivity contribution in [1.29, 1.82) is 0 Å². The molecule has 1 unspecified atom stereocenters. The molecule has 1 fully saturated rings. The number of carbonyl (C=O) groups excluding carboxylic acids is 2. The maximum Gasteiger partial charge on any atom is 0.435 e. The minimum absolute atomic E-state index is 0.0808. The van der Waals surface area contributed by atoms with E-state index in [9.17, 15) is 31.5 Å². The fourth-order valence-electron chi connectivity index (χ4n) is 7.56. The molecule has 8 rings (SSSR count). The van der Waals surface area contributed by atoms with Gasteiger partial charge in [0.1, 0.15) is 29.6 Å². The average molecular weight is 773 g/mol. The number of rotatable bonds is 8. The van der Waals surface area contributed by atoms with E-state index in [0.717, 1.165) is 23.4 Å². The van der Waals surface area contributed by atoms with Gasteiger partial charge in [-0.05, 0) is 96.0 Å². The third-order valence-electron chi connectivity index (χ3n) is 10.3. The van der Waals surface area contributed by atoms with Crippen LogP contribution in [0.25, 0.3) is 11.1 Å². The van der Waals surface area contributed by atoms with E-state index in [0.29, 0.717) is 39.5 Å². The summed E-state index contributed by atoms with van der Waals surface area (Å²) in [7, 11) is 3.79. The maximum absolute atomic E-state index is 15.3. The first kappa shape index (κ1) is 36.8. The Kier molecular flexibility index (Phi) is 8.90. The first-order valence-corrected chi connectivity index (χ1v) is 17.6. The smallest absolute Gasteiger partial charge is 0.378 e. The van der Waals surface area contributed by atoms with Crippen molar-refractivity contribution in [3.63, 3.8) is 0 Å². The Morgan fingerprint density at radius 3 is 2.43 bits per heavy atom. The van der Waals surface area contributed by atoms with E-state index in [2.05, 4.69) is 27.6 Å². The molecule has 5 aromatic rings. The molecular formula is C41H31F7N6O2. The Labute approximate surface area is 315 Å². The van der Waals surface area contributed by atoms with Crippen LogP contribution >= 0.6 is 0 Å². The second-order valence-corrected chi connectivity index (χ2v) is 14.3. The molecule has 2 aromatic heterocycles. The standard InChI is InChI=1S/C41H31F7N6O2/c1-53(2)28-10-4-21(5-11-28)3-8-27-9-12-29(23-6-7-24-19-49-39(56)30(24)16-23)36(50-27)33(15-22-13-25(42)17-26(43)14-22)51-34(55)20-54-38-35(37(52-54)41(46,47)48)31-18-32(31)40(38,44)45/h4-7,9-14,16-17,31-33H,15,18-20H2,1-2H3,(H,49,56)(H,51,55)/t31-,32?,33-/m0/s1. The van der Waals surface area contributed by atoms with Gasteiger partial charge in [-0.3, -0.25) is 14.3 Å². The summed E-state index contributed by atoms with van der Waals surface area (Å²) in [5.41, 5.74) is 1.07. The van der Waals surface area contributed by atoms with Gasteiger partial charge in [0.2, 0.25) is 5.91 Å². The summed E-state index contributed by atoms with van der Waals surface area (Å²) in [5.74, 6) is -3.06. The summed E-state index contributed by atoms with van der Waals surface area (Å²) in [4.78, 5) is 33.2. The minimum atomic E-state index is -5.04. The minimum Gasteiger partial charge on any atom is -0.378 e. The lowest BCUT2D eigenvalue weighted by atomic mass is 9.93. The summed E-state index contributed by atoms with van der Waals surface area (Å²) >= 11 is 0. The Morgan fingerprint density at radius 1 is 1.00 bits per heavy atom. The number of fused-ring (bicyclic) bond motifs is 4. The fraction of sp³-hybridized carbons (Fsp3) is 0.268. The Bertz CT molecular complexity index is 2460. The predicted molar refractivity (Wildman–Crippen MR) is 191 cm³/mol. The van der Waals surface area contributed by atoms with Crippen molar-refractivity contribution >= 4 is 17.5 Å². The number of pyridine rings is 1. The number of aromatic nitrogens is 3. The summed E-state index contributed by atoms with van der Waals surface area (Å²) in [5, 5.41) is 8.90. The van der Waals surface area contributed by atoms with Crippen LogP contribution in [0, 0.1) is 29.4 Å². The molecule has 3 aliphatic rings. The van der Waals surface area contributed by atoms with Crippen LogP contribution in [-0.4, -0.2) is 40.7 Å². The topological polar surface area (TPSA) is 92.2 Å². The molecule has 286 valence electrons. The summed E-state index contributed by atoms with van der Waals surface area (Å²) in [6, 6.07) is 17.3. The van der Waals surface area contributed by atoms with E-state index >= 15 is 8.78 Å². The molecule has 3 atom stereocenters. The first-order valence-electron chi connectivity index (χ1n) is 17.6. The highest BCUT2D eigenvalue weighted by Crippen LogP contribution is 2.68. The highest BCUT2D eigenvalue weighted by atomic mass is 19.4. The number of halogens is 7. The summed E-state index contributed by atoms with van der Waals surface area (Å²) in [6.45, 7) is -0.695. The summed E-state index contributed by atoms with van der Waals surface area (Å²) in [6.07, 6.45) is -5.45. The van der Waals surface area contributed by atoms with Crippen molar-refractivity contribution in [2.45, 2.75) is 50.0 Å². The van der Waals surface area contributed by atoms with Crippen molar-refractivity contribution in [3.8, 4) is 23.0 Å². The third-order valence-corrected chi connectivity index (χ3v) is 10.3. The number of benzene rings is 3. The Hall–Kier alpha value is -6.17. The zero-order chi connectivity index (χ0) is 39.7. The zero-order valence-corrected chi connectivity index (χ0v) is 29.7. The first-order chi connectivity index (χ1) is 26.6. The van der Waals surface area contributed by atoms with Crippen molar-refractivity contribution in [3.05, 3.63) is 135 Å². The molecule has 15 heteroatoms. The highest BCUT2D eigenvalue weighted by Gasteiger charge is 2.68. The van der Waals surface area contributed by atoms with Crippen LogP contribution in [0.4, 0.5) is 36.4 Å². The lowest BCUT2D eigenvalue weighted by Gasteiger charge is -2.23. The number of nitrogens with one attached hydrogen (secondary N) is 2. The number of amides is 2. The molecule has 56 heavy (non-hydrogen) atoms. The van der Waals surface area contributed by atoms with Crippen molar-refractivity contribution < 1.29 is 40.3 Å². The lowest BCUT2D eigenvalue weighted by Crippen LogP contribution is -2.35. The maximum atomic E-state index is 15.3. The van der Waals surface area contributed by atoms with Crippen molar-refractivity contribution in [1.82, 2.24) is 25.4 Å². The molecule has 2 N–H and O–H groups in total. The number of nitrogens with zero attached hydrogens (tertiary/aromatic N) is 4. The van der Waals surface area contributed by atoms with Gasteiger partial charge >= 0.3 is 6.18 Å². The summed E-state index contributed by atoms with van der Waals surface area (Å²) < 4.78 is 102. The molecular weight excluding hydrogens is 741 g/mol. The van der Waals surface area contributed by atoms with Gasteiger partial charge in [0.05, 0.1) is 11.7 Å². The molecule has 0 radical (unpaired) electrons. The third kappa shape index (κ3) is 6.84. The van der Waals surface area contributed by atoms with Gasteiger partial charge < -0.3 is 15.5 Å². The Balaban J connectivity index is 1.21. The number of alkyl halides is 5.